The maximum Gasteiger partial charge on any atom is 0.0489 e. The fourth-order valence-corrected chi connectivity index (χ4v) is 2.15. The van der Waals surface area contributed by atoms with Gasteiger partial charge in [0, 0.05) is 23.7 Å². The molecule has 0 saturated heterocycles. The van der Waals surface area contributed by atoms with E-state index in [1.807, 2.05) is 6.07 Å². The predicted octanol–water partition coefficient (Wildman–Crippen LogP) is 3.51. The molecule has 0 aromatic heterocycles. The number of hydrogen-bond acceptors (Lipinski definition) is 1. The van der Waals surface area contributed by atoms with Crippen molar-refractivity contribution in [1.82, 2.24) is 0 Å². The molecule has 0 radical (unpaired) electrons. The van der Waals surface area contributed by atoms with E-state index in [-0.39, 0.29) is 0 Å². The Morgan fingerprint density at radius 2 is 1.88 bits per heavy atom. The first-order valence-corrected chi connectivity index (χ1v) is 5.61. The largest absolute Gasteiger partial charge is 0.257 e. The van der Waals surface area contributed by atoms with Crippen LogP contribution in [0.4, 0.5) is 0 Å². The summed E-state index contributed by atoms with van der Waals surface area (Å²) in [7, 11) is 0. The molecule has 2 aliphatic rings. The monoisotopic (exact) mass is 207 g/mol. The predicted molar refractivity (Wildman–Crippen MR) is 67.4 cm³/mol. The van der Waals surface area contributed by atoms with Crippen molar-refractivity contribution < 1.29 is 0 Å². The summed E-state index contributed by atoms with van der Waals surface area (Å²) in [5, 5.41) is 0. The van der Waals surface area contributed by atoms with Crippen LogP contribution in [-0.2, 0) is 0 Å². The van der Waals surface area contributed by atoms with Gasteiger partial charge in [0.1, 0.15) is 0 Å². The van der Waals surface area contributed by atoms with Crippen LogP contribution in [0.5, 0.6) is 0 Å². The summed E-state index contributed by atoms with van der Waals surface area (Å²) in [6.45, 7) is 0. The lowest BCUT2D eigenvalue weighted by Gasteiger charge is -2.02. The van der Waals surface area contributed by atoms with Crippen molar-refractivity contribution in [2.75, 3.05) is 0 Å². The molecular formula is C15H13N. The van der Waals surface area contributed by atoms with Crippen LogP contribution in [0.2, 0.25) is 0 Å². The molecule has 78 valence electrons. The van der Waals surface area contributed by atoms with Gasteiger partial charge in [-0.1, -0.05) is 54.6 Å². The molecule has 1 aromatic rings. The summed E-state index contributed by atoms with van der Waals surface area (Å²) in [4.78, 5) is 4.72. The van der Waals surface area contributed by atoms with E-state index in [9.17, 15) is 0 Å². The van der Waals surface area contributed by atoms with Crippen molar-refractivity contribution in [3.05, 3.63) is 72.0 Å². The number of fused-ring (bicyclic) bond motifs is 1. The van der Waals surface area contributed by atoms with Gasteiger partial charge in [0.25, 0.3) is 0 Å². The molecule has 1 unspecified atom stereocenters. The fraction of sp³-hybridized carbons (Fsp3) is 0.133. The van der Waals surface area contributed by atoms with Gasteiger partial charge >= 0.3 is 0 Å². The molecule has 0 bridgehead atoms. The van der Waals surface area contributed by atoms with Crippen LogP contribution in [0.15, 0.2) is 71.4 Å². The Morgan fingerprint density at radius 1 is 1.00 bits per heavy atom. The molecule has 0 amide bonds. The van der Waals surface area contributed by atoms with Gasteiger partial charge in [0.05, 0.1) is 0 Å². The Kier molecular flexibility index (Phi) is 2.30. The third-order valence-electron chi connectivity index (χ3n) is 3.00. The van der Waals surface area contributed by atoms with Crippen LogP contribution in [0.25, 0.3) is 0 Å². The van der Waals surface area contributed by atoms with Gasteiger partial charge in [-0.15, -0.1) is 0 Å². The molecule has 1 atom stereocenters. The lowest BCUT2D eigenvalue weighted by Crippen LogP contribution is -1.99. The average Bonchev–Trinajstić information content (AvgIpc) is 2.62. The summed E-state index contributed by atoms with van der Waals surface area (Å²) >= 11 is 0. The highest BCUT2D eigenvalue weighted by Gasteiger charge is 2.22. The first-order valence-electron chi connectivity index (χ1n) is 5.61. The number of benzene rings is 1. The molecule has 1 heteroatoms. The van der Waals surface area contributed by atoms with Crippen LogP contribution in [0.1, 0.15) is 12.0 Å². The Balaban J connectivity index is 1.96. The van der Waals surface area contributed by atoms with E-state index in [1.165, 1.54) is 17.0 Å². The maximum absolute atomic E-state index is 4.72. The highest BCUT2D eigenvalue weighted by atomic mass is 14.8. The van der Waals surface area contributed by atoms with Gasteiger partial charge in [-0.05, 0) is 11.6 Å². The molecule has 1 nitrogen and oxygen atoms in total. The quantitative estimate of drug-likeness (QED) is 0.668. The van der Waals surface area contributed by atoms with Crippen LogP contribution < -0.4 is 0 Å². The van der Waals surface area contributed by atoms with Crippen molar-refractivity contribution in [3.8, 4) is 0 Å². The number of rotatable bonds is 1. The van der Waals surface area contributed by atoms with Crippen molar-refractivity contribution in [2.45, 2.75) is 6.42 Å². The second-order valence-electron chi connectivity index (χ2n) is 4.10. The van der Waals surface area contributed by atoms with Crippen molar-refractivity contribution in [1.29, 1.82) is 0 Å². The third kappa shape index (κ3) is 1.65. The summed E-state index contributed by atoms with van der Waals surface area (Å²) < 4.78 is 0. The van der Waals surface area contributed by atoms with E-state index >= 15 is 0 Å². The van der Waals surface area contributed by atoms with E-state index in [1.54, 1.807) is 0 Å². The first kappa shape index (κ1) is 9.34. The Hall–Kier alpha value is -1.89. The van der Waals surface area contributed by atoms with Crippen molar-refractivity contribution in [2.24, 2.45) is 10.9 Å². The molecule has 16 heavy (non-hydrogen) atoms. The first-order chi connectivity index (χ1) is 7.93. The van der Waals surface area contributed by atoms with E-state index in [0.717, 1.165) is 6.42 Å². The number of hydrogen-bond donors (Lipinski definition) is 0. The number of allylic oxidation sites excluding steroid dienone is 5. The van der Waals surface area contributed by atoms with Gasteiger partial charge in [-0.2, -0.15) is 0 Å². The minimum absolute atomic E-state index is 0.463. The van der Waals surface area contributed by atoms with Gasteiger partial charge in [-0.3, -0.25) is 4.99 Å². The lowest BCUT2D eigenvalue weighted by molar-refractivity contribution is 0.837. The SMILES string of the molecule is C1=CC=C2N=C(c3ccccc3)CC2C=C1. The molecule has 1 aliphatic heterocycles. The molecule has 0 spiro atoms. The van der Waals surface area contributed by atoms with E-state index in [2.05, 4.69) is 54.6 Å². The molecule has 1 aromatic carbocycles. The van der Waals surface area contributed by atoms with Crippen molar-refractivity contribution >= 4 is 5.71 Å². The normalized spacial score (nSPS) is 22.4. The highest BCUT2D eigenvalue weighted by molar-refractivity contribution is 6.03. The minimum Gasteiger partial charge on any atom is -0.257 e. The van der Waals surface area contributed by atoms with Crippen LogP contribution in [0.3, 0.4) is 0 Å². The van der Waals surface area contributed by atoms with Gasteiger partial charge in [0.2, 0.25) is 0 Å². The fourth-order valence-electron chi connectivity index (χ4n) is 2.15. The second-order valence-corrected chi connectivity index (χ2v) is 4.10. The zero-order chi connectivity index (χ0) is 10.8. The smallest absolute Gasteiger partial charge is 0.0489 e. The van der Waals surface area contributed by atoms with Crippen LogP contribution in [0, 0.1) is 5.92 Å². The molecule has 0 saturated carbocycles. The molecular weight excluding hydrogens is 194 g/mol. The molecule has 1 aliphatic carbocycles. The number of nitrogens with zero attached hydrogens (tertiary/aromatic N) is 1. The minimum atomic E-state index is 0.463. The third-order valence-corrected chi connectivity index (χ3v) is 3.00. The molecule has 1 heterocycles. The van der Waals surface area contributed by atoms with Gasteiger partial charge in [0.15, 0.2) is 0 Å². The maximum atomic E-state index is 4.72. The second kappa shape index (κ2) is 3.93. The topological polar surface area (TPSA) is 12.4 Å². The van der Waals surface area contributed by atoms with Crippen LogP contribution in [-0.4, -0.2) is 5.71 Å². The standard InChI is InChI=1S/C15H13N/c1-3-7-12(8-4-1)15-11-13-9-5-2-6-10-14(13)16-15/h1-10,13H,11H2. The lowest BCUT2D eigenvalue weighted by atomic mass is 9.99. The zero-order valence-electron chi connectivity index (χ0n) is 9.01. The summed E-state index contributed by atoms with van der Waals surface area (Å²) in [5.74, 6) is 0.463. The summed E-state index contributed by atoms with van der Waals surface area (Å²) in [6, 6.07) is 10.4. The molecule has 0 N–H and O–H groups in total. The summed E-state index contributed by atoms with van der Waals surface area (Å²) in [6.07, 6.45) is 11.6. The van der Waals surface area contributed by atoms with Crippen molar-refractivity contribution in [3.63, 3.8) is 0 Å². The van der Waals surface area contributed by atoms with Gasteiger partial charge in [-0.25, -0.2) is 0 Å². The van der Waals surface area contributed by atoms with E-state index in [4.69, 9.17) is 4.99 Å². The van der Waals surface area contributed by atoms with Gasteiger partial charge < -0.3 is 0 Å². The average molecular weight is 207 g/mol. The summed E-state index contributed by atoms with van der Waals surface area (Å²) in [5.41, 5.74) is 3.63. The number of aliphatic imine (C=N–C) groups is 1. The zero-order valence-corrected chi connectivity index (χ0v) is 9.01. The van der Waals surface area contributed by atoms with E-state index < -0.39 is 0 Å². The Morgan fingerprint density at radius 3 is 2.75 bits per heavy atom. The Bertz CT molecular complexity index is 503. The van der Waals surface area contributed by atoms with Crippen LogP contribution >= 0.6 is 0 Å². The Labute approximate surface area is 95.5 Å². The molecule has 3 rings (SSSR count). The van der Waals surface area contributed by atoms with E-state index in [0.29, 0.717) is 5.92 Å². The molecule has 0 fully saturated rings. The highest BCUT2D eigenvalue weighted by Crippen LogP contribution is 2.30.